The molecule has 0 fully saturated rings. The van der Waals surface area contributed by atoms with Crippen LogP contribution in [-0.2, 0) is 4.79 Å². The van der Waals surface area contributed by atoms with Crippen molar-refractivity contribution in [3.63, 3.8) is 0 Å². The molecular weight excluding hydrogens is 178 g/mol. The Morgan fingerprint density at radius 1 is 1.29 bits per heavy atom. The number of amides is 1. The minimum Gasteiger partial charge on any atom is -0.342 e. The highest BCUT2D eigenvalue weighted by atomic mass is 16.2. The topological polar surface area (TPSA) is 37.3 Å². The number of nitrogens with zero attached hydrogens (tertiary/aromatic N) is 2. The third-order valence-electron chi connectivity index (χ3n) is 2.13. The third kappa shape index (κ3) is 2.80. The Labute approximate surface area is 84.5 Å². The lowest BCUT2D eigenvalue weighted by molar-refractivity contribution is -0.129. The molecule has 1 aromatic rings. The summed E-state index contributed by atoms with van der Waals surface area (Å²) in [6.07, 6.45) is 3.74. The first-order valence-corrected chi connectivity index (χ1v) is 4.92. The number of likely N-dealkylation sites (N-methyl/N-ethyl adjacent to an activating group) is 1. The third-order valence-corrected chi connectivity index (χ3v) is 2.13. The van der Waals surface area contributed by atoms with Gasteiger partial charge < -0.3 is 10.3 Å². The van der Waals surface area contributed by atoms with Crippen LogP contribution >= 0.6 is 0 Å². The first-order valence-electron chi connectivity index (χ1n) is 4.92. The Kier molecular flexibility index (Phi) is 4.04. The Morgan fingerprint density at radius 2 is 1.86 bits per heavy atom. The van der Waals surface area contributed by atoms with Gasteiger partial charge in [-0.1, -0.05) is 0 Å². The number of nitrogens with one attached hydrogen (secondary N) is 1. The number of carbonyl (C=O) groups excluding carboxylic acids is 1. The Hall–Kier alpha value is -1.45. The Morgan fingerprint density at radius 3 is 2.36 bits per heavy atom. The van der Waals surface area contributed by atoms with Crippen molar-refractivity contribution < 1.29 is 4.79 Å². The summed E-state index contributed by atoms with van der Waals surface area (Å²) in [4.78, 5) is 13.4. The summed E-state index contributed by atoms with van der Waals surface area (Å²) < 4.78 is 1.78. The maximum atomic E-state index is 11.6. The van der Waals surface area contributed by atoms with E-state index in [4.69, 9.17) is 0 Å². The molecule has 0 bridgehead atoms. The summed E-state index contributed by atoms with van der Waals surface area (Å²) in [7, 11) is 0. The highest BCUT2D eigenvalue weighted by molar-refractivity contribution is 5.79. The summed E-state index contributed by atoms with van der Waals surface area (Å²) in [5.74, 6) is 0.128. The first-order chi connectivity index (χ1) is 6.77. The molecule has 4 nitrogen and oxygen atoms in total. The molecule has 0 saturated carbocycles. The van der Waals surface area contributed by atoms with Crippen molar-refractivity contribution in [1.29, 1.82) is 0 Å². The Balaban J connectivity index is 2.34. The van der Waals surface area contributed by atoms with Crippen LogP contribution in [0.25, 0.3) is 0 Å². The second-order valence-corrected chi connectivity index (χ2v) is 2.99. The van der Waals surface area contributed by atoms with Gasteiger partial charge in [-0.15, -0.1) is 0 Å². The number of carbonyl (C=O) groups is 1. The molecule has 0 spiro atoms. The summed E-state index contributed by atoms with van der Waals surface area (Å²) in [6, 6.07) is 3.82. The monoisotopic (exact) mass is 195 g/mol. The molecule has 1 amide bonds. The van der Waals surface area contributed by atoms with Crippen LogP contribution in [-0.4, -0.2) is 35.1 Å². The lowest BCUT2D eigenvalue weighted by Crippen LogP contribution is -2.36. The molecule has 0 saturated heterocycles. The summed E-state index contributed by atoms with van der Waals surface area (Å²) >= 11 is 0. The summed E-state index contributed by atoms with van der Waals surface area (Å²) in [6.45, 7) is 5.84. The van der Waals surface area contributed by atoms with Crippen LogP contribution in [0.3, 0.4) is 0 Å². The van der Waals surface area contributed by atoms with Crippen molar-refractivity contribution in [2.75, 3.05) is 25.1 Å². The number of rotatable bonds is 5. The second-order valence-electron chi connectivity index (χ2n) is 2.99. The van der Waals surface area contributed by atoms with Gasteiger partial charge in [-0.25, -0.2) is 0 Å². The van der Waals surface area contributed by atoms with Gasteiger partial charge in [-0.05, 0) is 26.0 Å². The van der Waals surface area contributed by atoms with E-state index in [1.165, 1.54) is 0 Å². The highest BCUT2D eigenvalue weighted by Crippen LogP contribution is 1.89. The molecule has 78 valence electrons. The fourth-order valence-electron chi connectivity index (χ4n) is 1.29. The summed E-state index contributed by atoms with van der Waals surface area (Å²) in [5.41, 5.74) is 3.00. The zero-order valence-corrected chi connectivity index (χ0v) is 8.73. The molecule has 0 aliphatic heterocycles. The van der Waals surface area contributed by atoms with E-state index in [2.05, 4.69) is 5.43 Å². The van der Waals surface area contributed by atoms with Gasteiger partial charge in [0.2, 0.25) is 5.91 Å². The molecule has 0 aliphatic rings. The van der Waals surface area contributed by atoms with Crippen LogP contribution in [0.1, 0.15) is 13.8 Å². The molecule has 1 heterocycles. The van der Waals surface area contributed by atoms with Crippen LogP contribution in [0, 0.1) is 0 Å². The summed E-state index contributed by atoms with van der Waals surface area (Å²) in [5, 5.41) is 0. The Bertz CT molecular complexity index is 265. The predicted octanol–water partition coefficient (Wildman–Crippen LogP) is 0.900. The standard InChI is InChI=1S/C10H17N3O/c1-3-12(4-2)10(14)9-11-13-7-5-6-8-13/h5-8,11H,3-4,9H2,1-2H3. The van der Waals surface area contributed by atoms with Gasteiger partial charge in [-0.3, -0.25) is 9.47 Å². The molecule has 1 aromatic heterocycles. The normalized spacial score (nSPS) is 9.86. The number of hydrogen-bond acceptors (Lipinski definition) is 2. The fraction of sp³-hybridized carbons (Fsp3) is 0.500. The van der Waals surface area contributed by atoms with E-state index in [-0.39, 0.29) is 5.91 Å². The van der Waals surface area contributed by atoms with Crippen molar-refractivity contribution in [1.82, 2.24) is 9.58 Å². The maximum absolute atomic E-state index is 11.6. The molecule has 4 heteroatoms. The van der Waals surface area contributed by atoms with Crippen LogP contribution < -0.4 is 5.43 Å². The molecule has 0 aromatic carbocycles. The van der Waals surface area contributed by atoms with Crippen molar-refractivity contribution >= 4 is 5.91 Å². The van der Waals surface area contributed by atoms with Gasteiger partial charge in [-0.2, -0.15) is 0 Å². The largest absolute Gasteiger partial charge is 0.342 e. The van der Waals surface area contributed by atoms with Crippen molar-refractivity contribution in [3.8, 4) is 0 Å². The lowest BCUT2D eigenvalue weighted by atomic mass is 10.4. The van der Waals surface area contributed by atoms with Gasteiger partial charge in [0.25, 0.3) is 0 Å². The van der Waals surface area contributed by atoms with E-state index in [0.717, 1.165) is 13.1 Å². The zero-order chi connectivity index (χ0) is 10.4. The van der Waals surface area contributed by atoms with E-state index in [9.17, 15) is 4.79 Å². The quantitative estimate of drug-likeness (QED) is 0.758. The highest BCUT2D eigenvalue weighted by Gasteiger charge is 2.07. The average molecular weight is 195 g/mol. The zero-order valence-electron chi connectivity index (χ0n) is 8.73. The molecule has 0 aliphatic carbocycles. The van der Waals surface area contributed by atoms with Crippen LogP contribution in [0.4, 0.5) is 0 Å². The van der Waals surface area contributed by atoms with E-state index < -0.39 is 0 Å². The van der Waals surface area contributed by atoms with Crippen molar-refractivity contribution in [3.05, 3.63) is 24.5 Å². The molecule has 0 atom stereocenters. The van der Waals surface area contributed by atoms with Gasteiger partial charge in [0.1, 0.15) is 6.54 Å². The first kappa shape index (κ1) is 10.6. The smallest absolute Gasteiger partial charge is 0.243 e. The van der Waals surface area contributed by atoms with E-state index in [0.29, 0.717) is 6.54 Å². The maximum Gasteiger partial charge on any atom is 0.243 e. The molecule has 0 radical (unpaired) electrons. The minimum absolute atomic E-state index is 0.128. The minimum atomic E-state index is 0.128. The lowest BCUT2D eigenvalue weighted by Gasteiger charge is -2.19. The van der Waals surface area contributed by atoms with Gasteiger partial charge in [0.05, 0.1) is 0 Å². The molecule has 1 rings (SSSR count). The second kappa shape index (κ2) is 5.32. The number of hydrogen-bond donors (Lipinski definition) is 1. The molecule has 0 unspecified atom stereocenters. The van der Waals surface area contributed by atoms with Crippen LogP contribution in [0.5, 0.6) is 0 Å². The van der Waals surface area contributed by atoms with Crippen LogP contribution in [0.2, 0.25) is 0 Å². The van der Waals surface area contributed by atoms with Gasteiger partial charge in [0, 0.05) is 25.5 Å². The van der Waals surface area contributed by atoms with Gasteiger partial charge in [0.15, 0.2) is 0 Å². The average Bonchev–Trinajstić information content (AvgIpc) is 2.69. The van der Waals surface area contributed by atoms with E-state index in [1.807, 2.05) is 38.4 Å². The predicted molar refractivity (Wildman–Crippen MR) is 56.6 cm³/mol. The molecule has 14 heavy (non-hydrogen) atoms. The number of aromatic nitrogens is 1. The molecule has 1 N–H and O–H groups in total. The SMILES string of the molecule is CCN(CC)C(=O)CNn1cccc1. The van der Waals surface area contributed by atoms with Crippen LogP contribution in [0.15, 0.2) is 24.5 Å². The van der Waals surface area contributed by atoms with E-state index in [1.54, 1.807) is 9.58 Å². The van der Waals surface area contributed by atoms with Gasteiger partial charge >= 0.3 is 0 Å². The fourth-order valence-corrected chi connectivity index (χ4v) is 1.29. The van der Waals surface area contributed by atoms with Crippen molar-refractivity contribution in [2.45, 2.75) is 13.8 Å². The van der Waals surface area contributed by atoms with E-state index >= 15 is 0 Å². The van der Waals surface area contributed by atoms with Crippen molar-refractivity contribution in [2.24, 2.45) is 0 Å². The molecular formula is C10H17N3O.